The molecule has 1 aromatic rings. The molecule has 0 saturated heterocycles. The van der Waals surface area contributed by atoms with Crippen molar-refractivity contribution in [2.45, 2.75) is 142 Å². The van der Waals surface area contributed by atoms with Gasteiger partial charge in [-0.25, -0.2) is 0 Å². The molecule has 0 bridgehead atoms. The molecule has 34 heavy (non-hydrogen) atoms. The van der Waals surface area contributed by atoms with Gasteiger partial charge in [-0.15, -0.1) is 0 Å². The first-order chi connectivity index (χ1) is 16.8. The van der Waals surface area contributed by atoms with E-state index in [9.17, 15) is 0 Å². The number of rotatable bonds is 16. The molecule has 0 spiro atoms. The number of aryl methyl sites for hydroxylation is 1. The zero-order valence-electron chi connectivity index (χ0n) is 22.9. The Morgan fingerprint density at radius 1 is 0.559 bits per heavy atom. The van der Waals surface area contributed by atoms with Crippen molar-refractivity contribution in [1.82, 2.24) is 0 Å². The maximum absolute atomic E-state index is 6.09. The average Bonchev–Trinajstić information content (AvgIpc) is 2.89. The molecule has 2 saturated carbocycles. The second-order valence-corrected chi connectivity index (χ2v) is 11.9. The standard InChI is InChI=1S/C33H56O/c1-3-5-7-8-11-29-13-15-30(16-14-29)12-9-27-34-33-25-23-32(24-26-33)22-21-31-19-17-28(18-20-31)10-6-4-2/h23-26,28-31H,3-22,27H2,1-2H3. The summed E-state index contributed by atoms with van der Waals surface area (Å²) in [4.78, 5) is 0. The predicted molar refractivity (Wildman–Crippen MR) is 149 cm³/mol. The summed E-state index contributed by atoms with van der Waals surface area (Å²) >= 11 is 0. The second kappa shape index (κ2) is 16.6. The van der Waals surface area contributed by atoms with E-state index in [0.717, 1.165) is 36.0 Å². The molecule has 2 aliphatic carbocycles. The molecular formula is C33H56O. The highest BCUT2D eigenvalue weighted by Crippen LogP contribution is 2.35. The van der Waals surface area contributed by atoms with E-state index in [4.69, 9.17) is 4.74 Å². The van der Waals surface area contributed by atoms with Crippen LogP contribution < -0.4 is 4.74 Å². The summed E-state index contributed by atoms with van der Waals surface area (Å²) in [6.07, 6.45) is 28.5. The van der Waals surface area contributed by atoms with Crippen LogP contribution in [0.15, 0.2) is 24.3 Å². The monoisotopic (exact) mass is 468 g/mol. The lowest BCUT2D eigenvalue weighted by Gasteiger charge is -2.28. The van der Waals surface area contributed by atoms with Crippen LogP contribution in [0, 0.1) is 23.7 Å². The minimum atomic E-state index is 0.886. The molecule has 1 heteroatoms. The van der Waals surface area contributed by atoms with Gasteiger partial charge in [-0.1, -0.05) is 129 Å². The van der Waals surface area contributed by atoms with Gasteiger partial charge in [-0.2, -0.15) is 0 Å². The third kappa shape index (κ3) is 10.7. The van der Waals surface area contributed by atoms with Crippen molar-refractivity contribution in [2.75, 3.05) is 6.61 Å². The molecule has 0 heterocycles. The zero-order chi connectivity index (χ0) is 23.8. The van der Waals surface area contributed by atoms with Gasteiger partial charge in [0.05, 0.1) is 6.61 Å². The minimum Gasteiger partial charge on any atom is -0.494 e. The Labute approximate surface area is 212 Å². The normalized spacial score (nSPS) is 25.4. The maximum atomic E-state index is 6.09. The fourth-order valence-electron chi connectivity index (χ4n) is 6.66. The molecule has 0 unspecified atom stereocenters. The molecule has 0 aliphatic heterocycles. The minimum absolute atomic E-state index is 0.886. The second-order valence-electron chi connectivity index (χ2n) is 11.9. The zero-order valence-corrected chi connectivity index (χ0v) is 22.9. The Morgan fingerprint density at radius 2 is 1.06 bits per heavy atom. The predicted octanol–water partition coefficient (Wildman–Crippen LogP) is 10.6. The van der Waals surface area contributed by atoms with E-state index in [1.54, 1.807) is 0 Å². The van der Waals surface area contributed by atoms with Crippen LogP contribution in [0.1, 0.15) is 141 Å². The van der Waals surface area contributed by atoms with Crippen molar-refractivity contribution in [2.24, 2.45) is 23.7 Å². The molecule has 1 nitrogen and oxygen atoms in total. The van der Waals surface area contributed by atoms with Crippen LogP contribution in [0.2, 0.25) is 0 Å². The quantitative estimate of drug-likeness (QED) is 0.219. The summed E-state index contributed by atoms with van der Waals surface area (Å²) in [5.41, 5.74) is 1.49. The first kappa shape index (κ1) is 27.6. The van der Waals surface area contributed by atoms with E-state index in [1.807, 2.05) is 0 Å². The molecule has 0 N–H and O–H groups in total. The van der Waals surface area contributed by atoms with E-state index in [1.165, 1.54) is 134 Å². The van der Waals surface area contributed by atoms with Crippen LogP contribution in [-0.2, 0) is 6.42 Å². The fraction of sp³-hybridized carbons (Fsp3) is 0.818. The van der Waals surface area contributed by atoms with Gasteiger partial charge in [-0.3, -0.25) is 0 Å². The number of ether oxygens (including phenoxy) is 1. The van der Waals surface area contributed by atoms with Crippen LogP contribution in [0.5, 0.6) is 5.75 Å². The van der Waals surface area contributed by atoms with Crippen molar-refractivity contribution < 1.29 is 4.74 Å². The summed E-state index contributed by atoms with van der Waals surface area (Å²) in [6.45, 7) is 5.52. The summed E-state index contributed by atoms with van der Waals surface area (Å²) in [5.74, 6) is 5.05. The molecule has 1 aromatic carbocycles. The van der Waals surface area contributed by atoms with Gasteiger partial charge in [0.2, 0.25) is 0 Å². The van der Waals surface area contributed by atoms with Crippen molar-refractivity contribution in [3.8, 4) is 5.75 Å². The molecule has 2 fully saturated rings. The summed E-state index contributed by atoms with van der Waals surface area (Å²) in [6, 6.07) is 9.04. The SMILES string of the molecule is CCCCCCC1CCC(CCCOc2ccc(CCC3CCC(CCCC)CC3)cc2)CC1. The number of unbranched alkanes of at least 4 members (excludes halogenated alkanes) is 4. The van der Waals surface area contributed by atoms with Gasteiger partial charge in [0.15, 0.2) is 0 Å². The van der Waals surface area contributed by atoms with Gasteiger partial charge in [0.25, 0.3) is 0 Å². The van der Waals surface area contributed by atoms with Gasteiger partial charge in [-0.05, 0) is 67.1 Å². The van der Waals surface area contributed by atoms with Crippen LogP contribution in [-0.4, -0.2) is 6.61 Å². The van der Waals surface area contributed by atoms with Crippen molar-refractivity contribution in [1.29, 1.82) is 0 Å². The van der Waals surface area contributed by atoms with Gasteiger partial charge >= 0.3 is 0 Å². The highest BCUT2D eigenvalue weighted by molar-refractivity contribution is 5.27. The largest absolute Gasteiger partial charge is 0.494 e. The molecule has 0 amide bonds. The Kier molecular flexibility index (Phi) is 13.5. The van der Waals surface area contributed by atoms with Crippen molar-refractivity contribution in [3.63, 3.8) is 0 Å². The topological polar surface area (TPSA) is 9.23 Å². The van der Waals surface area contributed by atoms with E-state index in [-0.39, 0.29) is 0 Å². The number of benzene rings is 1. The van der Waals surface area contributed by atoms with Crippen LogP contribution in [0.3, 0.4) is 0 Å². The smallest absolute Gasteiger partial charge is 0.119 e. The summed E-state index contributed by atoms with van der Waals surface area (Å²) in [7, 11) is 0. The van der Waals surface area contributed by atoms with Crippen molar-refractivity contribution in [3.05, 3.63) is 29.8 Å². The van der Waals surface area contributed by atoms with Gasteiger partial charge in [0, 0.05) is 0 Å². The van der Waals surface area contributed by atoms with E-state index < -0.39 is 0 Å². The Morgan fingerprint density at radius 3 is 1.62 bits per heavy atom. The first-order valence-corrected chi connectivity index (χ1v) is 15.5. The average molecular weight is 469 g/mol. The third-order valence-corrected chi connectivity index (χ3v) is 9.15. The lowest BCUT2D eigenvalue weighted by molar-refractivity contribution is 0.228. The third-order valence-electron chi connectivity index (χ3n) is 9.15. The molecule has 2 aliphatic rings. The number of hydrogen-bond acceptors (Lipinski definition) is 1. The summed E-state index contributed by atoms with van der Waals surface area (Å²) in [5, 5.41) is 0. The fourth-order valence-corrected chi connectivity index (χ4v) is 6.66. The van der Waals surface area contributed by atoms with Crippen LogP contribution in [0.25, 0.3) is 0 Å². The molecule has 0 atom stereocenters. The molecule has 3 rings (SSSR count). The molecule has 0 aromatic heterocycles. The molecular weight excluding hydrogens is 412 g/mol. The molecule has 194 valence electrons. The highest BCUT2D eigenvalue weighted by atomic mass is 16.5. The van der Waals surface area contributed by atoms with Gasteiger partial charge in [0.1, 0.15) is 5.75 Å². The highest BCUT2D eigenvalue weighted by Gasteiger charge is 2.21. The van der Waals surface area contributed by atoms with E-state index in [0.29, 0.717) is 0 Å². The van der Waals surface area contributed by atoms with E-state index in [2.05, 4.69) is 38.1 Å². The van der Waals surface area contributed by atoms with Crippen LogP contribution in [0.4, 0.5) is 0 Å². The van der Waals surface area contributed by atoms with Gasteiger partial charge < -0.3 is 4.74 Å². The van der Waals surface area contributed by atoms with Crippen molar-refractivity contribution >= 4 is 0 Å². The summed E-state index contributed by atoms with van der Waals surface area (Å²) < 4.78 is 6.09. The Bertz CT molecular complexity index is 604. The van der Waals surface area contributed by atoms with E-state index >= 15 is 0 Å². The number of hydrogen-bond donors (Lipinski definition) is 0. The Hall–Kier alpha value is -0.980. The van der Waals surface area contributed by atoms with Crippen LogP contribution >= 0.6 is 0 Å². The lowest BCUT2D eigenvalue weighted by Crippen LogP contribution is -2.15. The first-order valence-electron chi connectivity index (χ1n) is 15.5. The maximum Gasteiger partial charge on any atom is 0.119 e. The lowest BCUT2D eigenvalue weighted by atomic mass is 9.78. The molecule has 0 radical (unpaired) electrons. The Balaban J connectivity index is 1.21.